The fourth-order valence-corrected chi connectivity index (χ4v) is 1.13. The van der Waals surface area contributed by atoms with Gasteiger partial charge in [0.05, 0.1) is 0 Å². The molecule has 0 unspecified atom stereocenters. The van der Waals surface area contributed by atoms with E-state index in [0.29, 0.717) is 5.52 Å². The molecule has 0 radical (unpaired) electrons. The van der Waals surface area contributed by atoms with E-state index in [2.05, 4.69) is 9.97 Å². The van der Waals surface area contributed by atoms with E-state index in [1.54, 1.807) is 6.92 Å². The summed E-state index contributed by atoms with van der Waals surface area (Å²) in [5.74, 6) is -1.11. The number of fused-ring (bicyclic) bond motifs is 1. The third-order valence-corrected chi connectivity index (χ3v) is 1.75. The molecular formula is C8H6N2O3. The van der Waals surface area contributed by atoms with Gasteiger partial charge in [-0.05, 0) is 12.5 Å². The molecule has 0 atom stereocenters. The number of aromatic nitrogens is 2. The highest BCUT2D eigenvalue weighted by Crippen LogP contribution is 2.18. The van der Waals surface area contributed by atoms with Gasteiger partial charge in [0, 0.05) is 6.20 Å². The monoisotopic (exact) mass is 178 g/mol. The van der Waals surface area contributed by atoms with E-state index in [1.165, 1.54) is 12.6 Å². The molecule has 2 rings (SSSR count). The Bertz CT molecular complexity index is 475. The third kappa shape index (κ3) is 1.05. The molecule has 0 aliphatic heterocycles. The standard InChI is InChI=1S/C8H6N2O3/c1-4-2-9-6(8(11)12)7-5(4)10-3-13-7/h2-3H,1H3,(H,11,12). The minimum atomic E-state index is -1.11. The SMILES string of the molecule is Cc1cnc(C(=O)O)c2ocnc12. The zero-order valence-corrected chi connectivity index (χ0v) is 6.81. The number of carboxylic acid groups (broad SMARTS) is 1. The summed E-state index contributed by atoms with van der Waals surface area (Å²) in [5, 5.41) is 8.74. The number of hydrogen-bond donors (Lipinski definition) is 1. The van der Waals surface area contributed by atoms with E-state index in [1.807, 2.05) is 0 Å². The fourth-order valence-electron chi connectivity index (χ4n) is 1.13. The summed E-state index contributed by atoms with van der Waals surface area (Å²) in [4.78, 5) is 18.3. The van der Waals surface area contributed by atoms with Crippen LogP contribution in [0, 0.1) is 6.92 Å². The molecule has 5 nitrogen and oxygen atoms in total. The summed E-state index contributed by atoms with van der Waals surface area (Å²) < 4.78 is 4.94. The van der Waals surface area contributed by atoms with E-state index in [9.17, 15) is 4.79 Å². The van der Waals surface area contributed by atoms with Crippen LogP contribution >= 0.6 is 0 Å². The van der Waals surface area contributed by atoms with Crippen molar-refractivity contribution in [2.24, 2.45) is 0 Å². The molecule has 0 bridgehead atoms. The summed E-state index contributed by atoms with van der Waals surface area (Å²) >= 11 is 0. The maximum Gasteiger partial charge on any atom is 0.358 e. The lowest BCUT2D eigenvalue weighted by molar-refractivity contribution is 0.0691. The van der Waals surface area contributed by atoms with Crippen LogP contribution in [0.2, 0.25) is 0 Å². The lowest BCUT2D eigenvalue weighted by Gasteiger charge is -1.95. The average molecular weight is 178 g/mol. The Morgan fingerprint density at radius 3 is 3.00 bits per heavy atom. The van der Waals surface area contributed by atoms with Crippen LogP contribution < -0.4 is 0 Å². The molecule has 66 valence electrons. The number of aryl methyl sites for hydroxylation is 1. The first kappa shape index (κ1) is 7.72. The highest BCUT2D eigenvalue weighted by atomic mass is 16.4. The van der Waals surface area contributed by atoms with Gasteiger partial charge >= 0.3 is 5.97 Å². The topological polar surface area (TPSA) is 76.2 Å². The molecule has 5 heteroatoms. The Morgan fingerprint density at radius 1 is 1.54 bits per heavy atom. The van der Waals surface area contributed by atoms with Gasteiger partial charge in [0.1, 0.15) is 5.52 Å². The molecule has 2 heterocycles. The molecule has 2 aromatic rings. The number of carboxylic acids is 1. The maximum atomic E-state index is 10.7. The molecule has 0 saturated heterocycles. The molecule has 13 heavy (non-hydrogen) atoms. The van der Waals surface area contributed by atoms with Crippen molar-refractivity contribution in [2.45, 2.75) is 6.92 Å². The van der Waals surface area contributed by atoms with Crippen LogP contribution in [0.1, 0.15) is 16.1 Å². The van der Waals surface area contributed by atoms with Crippen molar-refractivity contribution in [3.8, 4) is 0 Å². The Kier molecular flexibility index (Phi) is 1.51. The summed E-state index contributed by atoms with van der Waals surface area (Å²) in [6.07, 6.45) is 2.68. The Morgan fingerprint density at radius 2 is 2.31 bits per heavy atom. The van der Waals surface area contributed by atoms with Gasteiger partial charge in [-0.3, -0.25) is 0 Å². The van der Waals surface area contributed by atoms with Crippen LogP contribution in [-0.4, -0.2) is 21.0 Å². The minimum absolute atomic E-state index is 0.0990. The van der Waals surface area contributed by atoms with Gasteiger partial charge in [-0.15, -0.1) is 0 Å². The highest BCUT2D eigenvalue weighted by Gasteiger charge is 2.14. The zero-order chi connectivity index (χ0) is 9.42. The fraction of sp³-hybridized carbons (Fsp3) is 0.125. The number of hydrogen-bond acceptors (Lipinski definition) is 4. The van der Waals surface area contributed by atoms with Gasteiger partial charge in [0.25, 0.3) is 0 Å². The van der Waals surface area contributed by atoms with Gasteiger partial charge in [0.2, 0.25) is 0 Å². The van der Waals surface area contributed by atoms with Gasteiger partial charge in [-0.25, -0.2) is 14.8 Å². The minimum Gasteiger partial charge on any atom is -0.476 e. The Hall–Kier alpha value is -1.91. The molecular weight excluding hydrogens is 172 g/mol. The molecule has 1 N–H and O–H groups in total. The van der Waals surface area contributed by atoms with Gasteiger partial charge in [-0.2, -0.15) is 0 Å². The third-order valence-electron chi connectivity index (χ3n) is 1.75. The van der Waals surface area contributed by atoms with Crippen molar-refractivity contribution in [1.29, 1.82) is 0 Å². The number of oxazole rings is 1. The van der Waals surface area contributed by atoms with Crippen molar-refractivity contribution in [3.63, 3.8) is 0 Å². The lowest BCUT2D eigenvalue weighted by atomic mass is 10.2. The summed E-state index contributed by atoms with van der Waals surface area (Å²) in [5.41, 5.74) is 1.48. The van der Waals surface area contributed by atoms with E-state index >= 15 is 0 Å². The van der Waals surface area contributed by atoms with Crippen molar-refractivity contribution in [1.82, 2.24) is 9.97 Å². The molecule has 0 aromatic carbocycles. The molecule has 0 spiro atoms. The molecule has 0 amide bonds. The maximum absolute atomic E-state index is 10.7. The van der Waals surface area contributed by atoms with Crippen molar-refractivity contribution < 1.29 is 14.3 Å². The lowest BCUT2D eigenvalue weighted by Crippen LogP contribution is -2.00. The number of nitrogens with zero attached hydrogens (tertiary/aromatic N) is 2. The smallest absolute Gasteiger partial charge is 0.358 e. The molecule has 0 aliphatic carbocycles. The Labute approximate surface area is 73.0 Å². The molecule has 0 fully saturated rings. The Balaban J connectivity index is 2.86. The second-order valence-corrected chi connectivity index (χ2v) is 2.63. The first-order chi connectivity index (χ1) is 6.20. The number of rotatable bonds is 1. The van der Waals surface area contributed by atoms with Gasteiger partial charge < -0.3 is 9.52 Å². The normalized spacial score (nSPS) is 10.5. The number of pyridine rings is 1. The second kappa shape index (κ2) is 2.55. The van der Waals surface area contributed by atoms with Crippen LogP contribution in [0.25, 0.3) is 11.1 Å². The summed E-state index contributed by atoms with van der Waals surface area (Å²) in [6.45, 7) is 1.80. The van der Waals surface area contributed by atoms with Crippen LogP contribution in [0.5, 0.6) is 0 Å². The number of carbonyl (C=O) groups is 1. The van der Waals surface area contributed by atoms with E-state index < -0.39 is 5.97 Å². The largest absolute Gasteiger partial charge is 0.476 e. The molecule has 2 aromatic heterocycles. The summed E-state index contributed by atoms with van der Waals surface area (Å²) in [6, 6.07) is 0. The van der Waals surface area contributed by atoms with Crippen molar-refractivity contribution >= 4 is 17.1 Å². The van der Waals surface area contributed by atoms with E-state index in [0.717, 1.165) is 5.56 Å². The average Bonchev–Trinajstić information content (AvgIpc) is 2.53. The van der Waals surface area contributed by atoms with Crippen molar-refractivity contribution in [2.75, 3.05) is 0 Å². The van der Waals surface area contributed by atoms with E-state index in [-0.39, 0.29) is 11.3 Å². The van der Waals surface area contributed by atoms with E-state index in [4.69, 9.17) is 9.52 Å². The van der Waals surface area contributed by atoms with Gasteiger partial charge in [0.15, 0.2) is 17.7 Å². The molecule has 0 saturated carbocycles. The van der Waals surface area contributed by atoms with Crippen LogP contribution in [-0.2, 0) is 0 Å². The quantitative estimate of drug-likeness (QED) is 0.710. The second-order valence-electron chi connectivity index (χ2n) is 2.63. The first-order valence-electron chi connectivity index (χ1n) is 3.62. The molecule has 0 aliphatic rings. The zero-order valence-electron chi connectivity index (χ0n) is 6.81. The number of aromatic carboxylic acids is 1. The predicted molar refractivity (Wildman–Crippen MR) is 43.5 cm³/mol. The van der Waals surface area contributed by atoms with Gasteiger partial charge in [-0.1, -0.05) is 0 Å². The highest BCUT2D eigenvalue weighted by molar-refractivity contribution is 5.98. The van der Waals surface area contributed by atoms with Crippen LogP contribution in [0.3, 0.4) is 0 Å². The van der Waals surface area contributed by atoms with Crippen molar-refractivity contribution in [3.05, 3.63) is 23.8 Å². The van der Waals surface area contributed by atoms with Crippen LogP contribution in [0.4, 0.5) is 0 Å². The predicted octanol–water partition coefficient (Wildman–Crippen LogP) is 1.23. The summed E-state index contributed by atoms with van der Waals surface area (Å²) in [7, 11) is 0. The first-order valence-corrected chi connectivity index (χ1v) is 3.62. The van der Waals surface area contributed by atoms with Crippen LogP contribution in [0.15, 0.2) is 17.0 Å².